The molecule has 8 heteroatoms. The summed E-state index contributed by atoms with van der Waals surface area (Å²) in [5.41, 5.74) is 0.849. The number of anilines is 1. The maximum atomic E-state index is 13.7. The molecule has 2 aromatic rings. The summed E-state index contributed by atoms with van der Waals surface area (Å²) in [7, 11) is -4.21. The first-order valence-corrected chi connectivity index (χ1v) is 7.67. The molecule has 2 rings (SSSR count). The topological polar surface area (TPSA) is 59.1 Å². The van der Waals surface area contributed by atoms with Crippen molar-refractivity contribution < 1.29 is 17.2 Å². The summed E-state index contributed by atoms with van der Waals surface area (Å²) in [6.07, 6.45) is 1.47. The fourth-order valence-electron chi connectivity index (χ4n) is 1.50. The predicted octanol–water partition coefficient (Wildman–Crippen LogP) is 3.23. The molecule has 0 amide bonds. The number of pyridine rings is 1. The van der Waals surface area contributed by atoms with Crippen LogP contribution in [0.15, 0.2) is 39.8 Å². The molecule has 0 aliphatic heterocycles. The number of aryl methyl sites for hydroxylation is 1. The summed E-state index contributed by atoms with van der Waals surface area (Å²) >= 11 is 2.84. The van der Waals surface area contributed by atoms with E-state index < -0.39 is 26.6 Å². The Labute approximate surface area is 123 Å². The molecule has 0 atom stereocenters. The lowest BCUT2D eigenvalue weighted by Gasteiger charge is -2.10. The summed E-state index contributed by atoms with van der Waals surface area (Å²) in [4.78, 5) is 3.20. The van der Waals surface area contributed by atoms with E-state index in [1.807, 2.05) is 0 Å². The van der Waals surface area contributed by atoms with E-state index in [0.717, 1.165) is 11.6 Å². The van der Waals surface area contributed by atoms with Gasteiger partial charge < -0.3 is 0 Å². The van der Waals surface area contributed by atoms with E-state index in [1.54, 1.807) is 13.0 Å². The van der Waals surface area contributed by atoms with Gasteiger partial charge in [0.05, 0.1) is 0 Å². The summed E-state index contributed by atoms with van der Waals surface area (Å²) < 4.78 is 52.8. The van der Waals surface area contributed by atoms with Crippen LogP contribution in [0.5, 0.6) is 0 Å². The van der Waals surface area contributed by atoms with Crippen molar-refractivity contribution in [2.24, 2.45) is 0 Å². The second-order valence-electron chi connectivity index (χ2n) is 4.02. The lowest BCUT2D eigenvalue weighted by molar-refractivity contribution is 0.548. The maximum absolute atomic E-state index is 13.7. The number of hydrogen-bond acceptors (Lipinski definition) is 3. The van der Waals surface area contributed by atoms with Crippen LogP contribution in [0.4, 0.5) is 14.6 Å². The SMILES string of the molecule is Cc1ccc(NS(=O)(=O)c2c(F)cc(F)cc2Br)nc1. The van der Waals surface area contributed by atoms with Crippen LogP contribution in [-0.2, 0) is 10.0 Å². The van der Waals surface area contributed by atoms with Crippen LogP contribution in [0.2, 0.25) is 0 Å². The van der Waals surface area contributed by atoms with E-state index in [0.29, 0.717) is 6.07 Å². The molecular weight excluding hydrogens is 354 g/mol. The van der Waals surface area contributed by atoms with Crippen LogP contribution in [-0.4, -0.2) is 13.4 Å². The molecule has 0 radical (unpaired) electrons. The van der Waals surface area contributed by atoms with Crippen LogP contribution < -0.4 is 4.72 Å². The summed E-state index contributed by atoms with van der Waals surface area (Å²) in [5.74, 6) is -2.01. The van der Waals surface area contributed by atoms with Gasteiger partial charge in [0.15, 0.2) is 0 Å². The van der Waals surface area contributed by atoms with Crippen molar-refractivity contribution in [3.05, 3.63) is 52.1 Å². The Balaban J connectivity index is 2.43. The average Bonchev–Trinajstić information content (AvgIpc) is 2.30. The van der Waals surface area contributed by atoms with E-state index in [1.165, 1.54) is 12.3 Å². The molecule has 0 bridgehead atoms. The number of nitrogens with one attached hydrogen (secondary N) is 1. The number of sulfonamides is 1. The third kappa shape index (κ3) is 3.13. The Bertz CT molecular complexity index is 726. The summed E-state index contributed by atoms with van der Waals surface area (Å²) in [6, 6.07) is 4.48. The van der Waals surface area contributed by atoms with E-state index in [9.17, 15) is 17.2 Å². The Kier molecular flexibility index (Phi) is 4.05. The van der Waals surface area contributed by atoms with Crippen LogP contribution in [0.25, 0.3) is 0 Å². The largest absolute Gasteiger partial charge is 0.267 e. The molecule has 0 spiro atoms. The van der Waals surface area contributed by atoms with Gasteiger partial charge in [-0.3, -0.25) is 4.72 Å². The lowest BCUT2D eigenvalue weighted by Crippen LogP contribution is -2.16. The van der Waals surface area contributed by atoms with E-state index in [4.69, 9.17) is 0 Å². The lowest BCUT2D eigenvalue weighted by atomic mass is 10.3. The number of aromatic nitrogens is 1. The highest BCUT2D eigenvalue weighted by atomic mass is 79.9. The molecule has 1 aromatic carbocycles. The van der Waals surface area contributed by atoms with Crippen molar-refractivity contribution in [2.45, 2.75) is 11.8 Å². The highest BCUT2D eigenvalue weighted by Crippen LogP contribution is 2.27. The Hall–Kier alpha value is -1.54. The minimum Gasteiger partial charge on any atom is -0.263 e. The maximum Gasteiger partial charge on any atom is 0.267 e. The molecule has 0 unspecified atom stereocenters. The predicted molar refractivity (Wildman–Crippen MR) is 73.8 cm³/mol. The van der Waals surface area contributed by atoms with Gasteiger partial charge in [0.2, 0.25) is 0 Å². The first-order chi connectivity index (χ1) is 9.29. The highest BCUT2D eigenvalue weighted by Gasteiger charge is 2.24. The van der Waals surface area contributed by atoms with Gasteiger partial charge >= 0.3 is 0 Å². The fourth-order valence-corrected chi connectivity index (χ4v) is 3.68. The van der Waals surface area contributed by atoms with Crippen LogP contribution in [0, 0.1) is 18.6 Å². The highest BCUT2D eigenvalue weighted by molar-refractivity contribution is 9.10. The van der Waals surface area contributed by atoms with Crippen molar-refractivity contribution in [1.82, 2.24) is 4.98 Å². The van der Waals surface area contributed by atoms with Crippen LogP contribution >= 0.6 is 15.9 Å². The molecule has 1 N–H and O–H groups in total. The minimum atomic E-state index is -4.21. The molecular formula is C12H9BrF2N2O2S. The second-order valence-corrected chi connectivity index (χ2v) is 6.50. The quantitative estimate of drug-likeness (QED) is 0.911. The molecule has 0 saturated heterocycles. The Morgan fingerprint density at radius 3 is 2.50 bits per heavy atom. The molecule has 1 aromatic heterocycles. The fraction of sp³-hybridized carbons (Fsp3) is 0.0833. The van der Waals surface area contributed by atoms with Crippen molar-refractivity contribution >= 4 is 31.8 Å². The van der Waals surface area contributed by atoms with Crippen LogP contribution in [0.1, 0.15) is 5.56 Å². The van der Waals surface area contributed by atoms with Crippen molar-refractivity contribution in [3.63, 3.8) is 0 Å². The molecule has 20 heavy (non-hydrogen) atoms. The number of hydrogen-bond donors (Lipinski definition) is 1. The van der Waals surface area contributed by atoms with Gasteiger partial charge in [-0.15, -0.1) is 0 Å². The summed E-state index contributed by atoms with van der Waals surface area (Å²) in [6.45, 7) is 1.79. The molecule has 0 aliphatic rings. The average molecular weight is 363 g/mol. The number of halogens is 3. The minimum absolute atomic E-state index is 0.0474. The zero-order valence-corrected chi connectivity index (χ0v) is 12.6. The molecule has 0 saturated carbocycles. The third-order valence-corrected chi connectivity index (χ3v) is 4.70. The first-order valence-electron chi connectivity index (χ1n) is 5.39. The molecule has 1 heterocycles. The van der Waals surface area contributed by atoms with Crippen LogP contribution in [0.3, 0.4) is 0 Å². The van der Waals surface area contributed by atoms with Crippen molar-refractivity contribution in [2.75, 3.05) is 4.72 Å². The number of benzene rings is 1. The van der Waals surface area contributed by atoms with Gasteiger partial charge in [-0.1, -0.05) is 6.07 Å². The second kappa shape index (κ2) is 5.45. The molecule has 106 valence electrons. The third-order valence-electron chi connectivity index (χ3n) is 2.38. The summed E-state index contributed by atoms with van der Waals surface area (Å²) in [5, 5.41) is 0. The monoisotopic (exact) mass is 362 g/mol. The van der Waals surface area contributed by atoms with Gasteiger partial charge in [0.25, 0.3) is 10.0 Å². The molecule has 0 aliphatic carbocycles. The normalized spacial score (nSPS) is 11.4. The van der Waals surface area contributed by atoms with Gasteiger partial charge in [-0.25, -0.2) is 22.2 Å². The van der Waals surface area contributed by atoms with E-state index in [-0.39, 0.29) is 10.3 Å². The van der Waals surface area contributed by atoms with E-state index >= 15 is 0 Å². The van der Waals surface area contributed by atoms with Gasteiger partial charge in [-0.2, -0.15) is 0 Å². The van der Waals surface area contributed by atoms with Gasteiger partial charge in [0, 0.05) is 16.7 Å². The molecule has 0 fully saturated rings. The Morgan fingerprint density at radius 2 is 1.95 bits per heavy atom. The zero-order chi connectivity index (χ0) is 14.9. The molecule has 4 nitrogen and oxygen atoms in total. The smallest absolute Gasteiger partial charge is 0.263 e. The zero-order valence-electron chi connectivity index (χ0n) is 10.2. The Morgan fingerprint density at radius 1 is 1.25 bits per heavy atom. The van der Waals surface area contributed by atoms with Gasteiger partial charge in [0.1, 0.15) is 22.3 Å². The first kappa shape index (κ1) is 14.9. The standard InChI is InChI=1S/C12H9BrF2N2O2S/c1-7-2-3-11(16-6-7)17-20(18,19)12-9(13)4-8(14)5-10(12)15/h2-6H,1H3,(H,16,17). The van der Waals surface area contributed by atoms with Crippen molar-refractivity contribution in [1.29, 1.82) is 0 Å². The number of rotatable bonds is 3. The van der Waals surface area contributed by atoms with E-state index in [2.05, 4.69) is 25.6 Å². The number of nitrogens with zero attached hydrogens (tertiary/aromatic N) is 1. The van der Waals surface area contributed by atoms with Crippen molar-refractivity contribution in [3.8, 4) is 0 Å². The van der Waals surface area contributed by atoms with Gasteiger partial charge in [-0.05, 0) is 40.5 Å².